The number of piperidine rings is 1. The summed E-state index contributed by atoms with van der Waals surface area (Å²) in [6, 6.07) is 1.27. The first kappa shape index (κ1) is 15.4. The number of nitrogens with one attached hydrogen (secondary N) is 1. The lowest BCUT2D eigenvalue weighted by Crippen LogP contribution is -2.48. The number of rotatable bonds is 2. The molecule has 4 rings (SSSR count). The van der Waals surface area contributed by atoms with Gasteiger partial charge in [-0.3, -0.25) is 14.4 Å². The molecule has 2 unspecified atom stereocenters. The van der Waals surface area contributed by atoms with Gasteiger partial charge < -0.3 is 14.8 Å². The second kappa shape index (κ2) is 6.03. The molecule has 3 aliphatic heterocycles. The molecular weight excluding hydrogens is 308 g/mol. The lowest BCUT2D eigenvalue weighted by atomic mass is 9.93. The molecule has 0 bridgehead atoms. The molecule has 0 aliphatic carbocycles. The molecule has 7 heteroatoms. The Labute approximate surface area is 140 Å². The van der Waals surface area contributed by atoms with Crippen LogP contribution in [0.5, 0.6) is 0 Å². The van der Waals surface area contributed by atoms with Gasteiger partial charge in [-0.25, -0.2) is 0 Å². The summed E-state index contributed by atoms with van der Waals surface area (Å²) in [7, 11) is 0. The molecule has 24 heavy (non-hydrogen) atoms. The van der Waals surface area contributed by atoms with Crippen LogP contribution in [0, 0.1) is 0 Å². The lowest BCUT2D eigenvalue weighted by Gasteiger charge is -2.35. The number of carbonyl (C=O) groups excluding carboxylic acids is 2. The fourth-order valence-electron chi connectivity index (χ4n) is 4.19. The summed E-state index contributed by atoms with van der Waals surface area (Å²) >= 11 is 0. The highest BCUT2D eigenvalue weighted by Crippen LogP contribution is 2.29. The molecule has 3 aliphatic rings. The highest BCUT2D eigenvalue weighted by atomic mass is 16.2. The van der Waals surface area contributed by atoms with Crippen LogP contribution in [0.25, 0.3) is 0 Å². The number of aromatic nitrogens is 2. The smallest absolute Gasteiger partial charge is 0.273 e. The molecule has 0 radical (unpaired) electrons. The zero-order valence-corrected chi connectivity index (χ0v) is 13.7. The van der Waals surface area contributed by atoms with E-state index in [1.54, 1.807) is 6.07 Å². The van der Waals surface area contributed by atoms with Gasteiger partial charge in [-0.2, -0.15) is 4.98 Å². The van der Waals surface area contributed by atoms with Crippen molar-refractivity contribution >= 4 is 11.8 Å². The van der Waals surface area contributed by atoms with E-state index >= 15 is 0 Å². The van der Waals surface area contributed by atoms with Crippen LogP contribution in [0.1, 0.15) is 49.5 Å². The average molecular weight is 330 g/mol. The minimum absolute atomic E-state index is 0.0172. The van der Waals surface area contributed by atoms with Gasteiger partial charge in [0.15, 0.2) is 0 Å². The van der Waals surface area contributed by atoms with Gasteiger partial charge in [0.2, 0.25) is 11.8 Å². The highest BCUT2D eigenvalue weighted by molar-refractivity contribution is 5.90. The number of aryl methyl sites for hydroxylation is 1. The number of likely N-dealkylation sites (tertiary alicyclic amines) is 1. The normalized spacial score (nSPS) is 26.3. The molecule has 4 heterocycles. The van der Waals surface area contributed by atoms with Crippen molar-refractivity contribution in [1.82, 2.24) is 19.8 Å². The molecule has 2 fully saturated rings. The summed E-state index contributed by atoms with van der Waals surface area (Å²) in [5.41, 5.74) is 0.847. The zero-order chi connectivity index (χ0) is 16.7. The van der Waals surface area contributed by atoms with Crippen molar-refractivity contribution < 1.29 is 9.59 Å². The number of nitrogens with zero attached hydrogens (tertiary/aromatic N) is 3. The molecule has 7 nitrogen and oxygen atoms in total. The van der Waals surface area contributed by atoms with E-state index in [9.17, 15) is 14.4 Å². The van der Waals surface area contributed by atoms with E-state index in [2.05, 4.69) is 14.9 Å². The largest absolute Gasteiger partial charge is 0.344 e. The monoisotopic (exact) mass is 330 g/mol. The van der Waals surface area contributed by atoms with Gasteiger partial charge in [0.05, 0.1) is 0 Å². The van der Waals surface area contributed by atoms with Gasteiger partial charge in [-0.15, -0.1) is 0 Å². The predicted octanol–water partition coefficient (Wildman–Crippen LogP) is 0.174. The van der Waals surface area contributed by atoms with E-state index in [1.807, 2.05) is 4.90 Å². The maximum atomic E-state index is 12.7. The quantitative estimate of drug-likeness (QED) is 0.838. The average Bonchev–Trinajstić information content (AvgIpc) is 3.22. The van der Waals surface area contributed by atoms with E-state index in [4.69, 9.17) is 0 Å². The Morgan fingerprint density at radius 2 is 2.04 bits per heavy atom. The predicted molar refractivity (Wildman–Crippen MR) is 86.5 cm³/mol. The third-order valence-corrected chi connectivity index (χ3v) is 5.36. The minimum Gasteiger partial charge on any atom is -0.344 e. The Morgan fingerprint density at radius 3 is 2.83 bits per heavy atom. The Bertz CT molecular complexity index is 742. The summed E-state index contributed by atoms with van der Waals surface area (Å²) in [6.07, 6.45) is 4.79. The number of hydrogen-bond acceptors (Lipinski definition) is 4. The molecule has 1 N–H and O–H groups in total. The Kier molecular flexibility index (Phi) is 3.86. The number of fused-ring (bicyclic) bond motifs is 1. The Morgan fingerprint density at radius 1 is 1.17 bits per heavy atom. The van der Waals surface area contributed by atoms with Crippen LogP contribution in [-0.4, -0.2) is 45.4 Å². The van der Waals surface area contributed by atoms with E-state index in [0.29, 0.717) is 19.4 Å². The van der Waals surface area contributed by atoms with E-state index < -0.39 is 0 Å². The van der Waals surface area contributed by atoms with E-state index in [1.165, 1.54) is 0 Å². The molecule has 2 amide bonds. The van der Waals surface area contributed by atoms with Crippen LogP contribution in [0.4, 0.5) is 0 Å². The van der Waals surface area contributed by atoms with Crippen molar-refractivity contribution in [2.45, 2.75) is 57.0 Å². The van der Waals surface area contributed by atoms with Crippen molar-refractivity contribution in [3.8, 4) is 0 Å². The Balaban J connectivity index is 1.54. The topological polar surface area (TPSA) is 84.3 Å². The first-order valence-electron chi connectivity index (χ1n) is 8.80. The van der Waals surface area contributed by atoms with Crippen molar-refractivity contribution in [3.63, 3.8) is 0 Å². The molecule has 2 saturated heterocycles. The molecule has 0 saturated carbocycles. The van der Waals surface area contributed by atoms with Crippen LogP contribution >= 0.6 is 0 Å². The van der Waals surface area contributed by atoms with E-state index in [0.717, 1.165) is 50.3 Å². The van der Waals surface area contributed by atoms with Crippen molar-refractivity contribution in [2.75, 3.05) is 13.1 Å². The number of carbonyl (C=O) groups is 2. The summed E-state index contributed by atoms with van der Waals surface area (Å²) in [6.45, 7) is 2.25. The molecule has 0 aromatic carbocycles. The highest BCUT2D eigenvalue weighted by Gasteiger charge is 2.34. The number of amides is 2. The minimum atomic E-state index is -0.373. The second-order valence-electron chi connectivity index (χ2n) is 6.97. The Hall–Kier alpha value is -2.18. The molecule has 2 atom stereocenters. The third kappa shape index (κ3) is 2.72. The molecular formula is C17H22N4O3. The van der Waals surface area contributed by atoms with E-state index in [-0.39, 0.29) is 29.3 Å². The summed E-state index contributed by atoms with van der Waals surface area (Å²) < 4.78 is 2.16. The summed E-state index contributed by atoms with van der Waals surface area (Å²) in [5, 5.41) is 2.76. The standard InChI is InChI=1S/C17H22N4O3/c22-15-6-5-12(18-15)17(24)20-7-1-3-11(10-20)13-9-16(23)19-14-4-2-8-21(13)14/h9,11-12H,1-8,10H2,(H,18,22). The van der Waals surface area contributed by atoms with Crippen LogP contribution in [0.3, 0.4) is 0 Å². The summed E-state index contributed by atoms with van der Waals surface area (Å²) in [5.74, 6) is 1.03. The number of hydrogen-bond donors (Lipinski definition) is 1. The van der Waals surface area contributed by atoms with Crippen molar-refractivity contribution in [3.05, 3.63) is 27.9 Å². The first-order valence-corrected chi connectivity index (χ1v) is 8.80. The van der Waals surface area contributed by atoms with Crippen LogP contribution in [-0.2, 0) is 22.6 Å². The van der Waals surface area contributed by atoms with Gasteiger partial charge >= 0.3 is 0 Å². The van der Waals surface area contributed by atoms with Crippen molar-refractivity contribution in [1.29, 1.82) is 0 Å². The van der Waals surface area contributed by atoms with Crippen molar-refractivity contribution in [2.24, 2.45) is 0 Å². The zero-order valence-electron chi connectivity index (χ0n) is 13.7. The molecule has 1 aromatic heterocycles. The maximum absolute atomic E-state index is 12.7. The molecule has 1 aromatic rings. The fourth-order valence-corrected chi connectivity index (χ4v) is 4.19. The van der Waals surface area contributed by atoms with Crippen LogP contribution in [0.2, 0.25) is 0 Å². The fraction of sp³-hybridized carbons (Fsp3) is 0.647. The second-order valence-corrected chi connectivity index (χ2v) is 6.97. The van der Waals surface area contributed by atoms with Gasteiger partial charge in [0, 0.05) is 50.2 Å². The maximum Gasteiger partial charge on any atom is 0.273 e. The lowest BCUT2D eigenvalue weighted by molar-refractivity contribution is -0.135. The summed E-state index contributed by atoms with van der Waals surface area (Å²) in [4.78, 5) is 41.9. The van der Waals surface area contributed by atoms with Gasteiger partial charge in [0.25, 0.3) is 5.56 Å². The van der Waals surface area contributed by atoms with Gasteiger partial charge in [-0.05, 0) is 25.7 Å². The third-order valence-electron chi connectivity index (χ3n) is 5.36. The van der Waals surface area contributed by atoms with Gasteiger partial charge in [0.1, 0.15) is 11.9 Å². The molecule has 128 valence electrons. The van der Waals surface area contributed by atoms with Crippen LogP contribution < -0.4 is 10.9 Å². The first-order chi connectivity index (χ1) is 11.6. The van der Waals surface area contributed by atoms with Gasteiger partial charge in [-0.1, -0.05) is 0 Å². The SMILES string of the molecule is O=C1CCC(C(=O)N2CCCC(c3cc(=O)nc4n3CCC4)C2)N1. The van der Waals surface area contributed by atoms with Crippen LogP contribution in [0.15, 0.2) is 10.9 Å². The molecule has 0 spiro atoms.